The first-order valence-corrected chi connectivity index (χ1v) is 9.40. The van der Waals surface area contributed by atoms with Crippen LogP contribution in [0.25, 0.3) is 10.1 Å². The van der Waals surface area contributed by atoms with Crippen LogP contribution in [0.4, 0.5) is 0 Å². The Hall–Kier alpha value is -2.73. The van der Waals surface area contributed by atoms with E-state index in [9.17, 15) is 9.59 Å². The number of piperazine rings is 1. The van der Waals surface area contributed by atoms with Crippen molar-refractivity contribution in [3.63, 3.8) is 0 Å². The van der Waals surface area contributed by atoms with Gasteiger partial charge in [0.1, 0.15) is 5.69 Å². The zero-order valence-electron chi connectivity index (χ0n) is 14.5. The van der Waals surface area contributed by atoms with Crippen LogP contribution >= 0.6 is 11.5 Å². The Balaban J connectivity index is 1.45. The molecule has 4 rings (SSSR count). The van der Waals surface area contributed by atoms with Crippen LogP contribution in [0.5, 0.6) is 0 Å². The van der Waals surface area contributed by atoms with Crippen LogP contribution in [-0.4, -0.2) is 52.2 Å². The molecule has 0 N–H and O–H groups in total. The summed E-state index contributed by atoms with van der Waals surface area (Å²) in [5.41, 5.74) is 2.29. The van der Waals surface area contributed by atoms with Crippen LogP contribution in [0.3, 0.4) is 0 Å². The Bertz CT molecular complexity index is 974. The Kier molecular flexibility index (Phi) is 4.42. The quantitative estimate of drug-likeness (QED) is 0.701. The van der Waals surface area contributed by atoms with E-state index in [0.717, 1.165) is 15.6 Å². The number of amides is 2. The van der Waals surface area contributed by atoms with Crippen LogP contribution in [0.2, 0.25) is 0 Å². The van der Waals surface area contributed by atoms with Gasteiger partial charge in [0.15, 0.2) is 0 Å². The number of carbonyl (C=O) groups excluding carboxylic acids is 2. The average molecular weight is 365 g/mol. The molecule has 0 saturated carbocycles. The lowest BCUT2D eigenvalue weighted by molar-refractivity contribution is 0.0534. The van der Waals surface area contributed by atoms with Crippen LogP contribution in [-0.2, 0) is 0 Å². The summed E-state index contributed by atoms with van der Waals surface area (Å²) in [6, 6.07) is 15.4. The number of rotatable bonds is 2. The molecule has 132 valence electrons. The fraction of sp³-hybridized carbons (Fsp3) is 0.250. The molecule has 3 aromatic rings. The van der Waals surface area contributed by atoms with E-state index >= 15 is 0 Å². The van der Waals surface area contributed by atoms with E-state index in [1.165, 1.54) is 11.5 Å². The van der Waals surface area contributed by atoms with Gasteiger partial charge in [0, 0.05) is 37.1 Å². The predicted octanol–water partition coefficient (Wildman–Crippen LogP) is 3.20. The molecule has 0 aliphatic carbocycles. The minimum Gasteiger partial charge on any atom is -0.335 e. The van der Waals surface area contributed by atoms with E-state index < -0.39 is 0 Å². The molecule has 5 nitrogen and oxygen atoms in total. The Labute approximate surface area is 156 Å². The van der Waals surface area contributed by atoms with E-state index in [4.69, 9.17) is 0 Å². The van der Waals surface area contributed by atoms with Crippen LogP contribution in [0.15, 0.2) is 48.5 Å². The summed E-state index contributed by atoms with van der Waals surface area (Å²) in [5, 5.41) is 0.903. The third kappa shape index (κ3) is 3.08. The maximum absolute atomic E-state index is 12.8. The highest BCUT2D eigenvalue weighted by molar-refractivity contribution is 7.13. The molecule has 0 atom stereocenters. The van der Waals surface area contributed by atoms with Crippen molar-refractivity contribution in [2.24, 2.45) is 0 Å². The molecule has 6 heteroatoms. The maximum Gasteiger partial charge on any atom is 0.274 e. The van der Waals surface area contributed by atoms with Gasteiger partial charge in [-0.15, -0.1) is 0 Å². The first-order valence-electron chi connectivity index (χ1n) is 8.63. The Morgan fingerprint density at radius 3 is 2.35 bits per heavy atom. The molecule has 1 aromatic heterocycles. The number of aryl methyl sites for hydroxylation is 1. The lowest BCUT2D eigenvalue weighted by atomic mass is 10.1. The number of fused-ring (bicyclic) bond motifs is 1. The maximum atomic E-state index is 12.8. The normalized spacial score (nSPS) is 14.7. The molecule has 1 saturated heterocycles. The van der Waals surface area contributed by atoms with Gasteiger partial charge in [0.05, 0.1) is 4.70 Å². The van der Waals surface area contributed by atoms with Gasteiger partial charge in [0.2, 0.25) is 0 Å². The van der Waals surface area contributed by atoms with Crippen molar-refractivity contribution in [2.45, 2.75) is 6.92 Å². The predicted molar refractivity (Wildman–Crippen MR) is 103 cm³/mol. The summed E-state index contributed by atoms with van der Waals surface area (Å²) < 4.78 is 5.37. The minimum atomic E-state index is -0.0508. The number of benzene rings is 2. The van der Waals surface area contributed by atoms with Gasteiger partial charge >= 0.3 is 0 Å². The van der Waals surface area contributed by atoms with E-state index in [2.05, 4.69) is 4.37 Å². The van der Waals surface area contributed by atoms with Crippen molar-refractivity contribution >= 4 is 33.4 Å². The standard InChI is InChI=1S/C20H19N3O2S/c1-14-5-4-6-15(13-14)19(24)22-9-11-23(12-10-22)20(25)18-16-7-2-3-8-17(16)26-21-18/h2-8,13H,9-12H2,1H3. The van der Waals surface area contributed by atoms with Crippen LogP contribution in [0.1, 0.15) is 26.4 Å². The minimum absolute atomic E-state index is 0.0277. The molecule has 2 aromatic carbocycles. The topological polar surface area (TPSA) is 53.5 Å². The SMILES string of the molecule is Cc1cccc(C(=O)N2CCN(C(=O)c3nsc4ccccc34)CC2)c1. The number of carbonyl (C=O) groups is 2. The lowest BCUT2D eigenvalue weighted by Gasteiger charge is -2.34. The van der Waals surface area contributed by atoms with Gasteiger partial charge < -0.3 is 9.80 Å². The Morgan fingerprint density at radius 2 is 1.62 bits per heavy atom. The third-order valence-corrected chi connectivity index (χ3v) is 5.53. The van der Waals surface area contributed by atoms with E-state index in [1.54, 1.807) is 4.90 Å². The number of hydrogen-bond donors (Lipinski definition) is 0. The van der Waals surface area contributed by atoms with E-state index in [1.807, 2.05) is 60.4 Å². The second-order valence-electron chi connectivity index (χ2n) is 6.48. The molecule has 2 amide bonds. The van der Waals surface area contributed by atoms with Crippen molar-refractivity contribution < 1.29 is 9.59 Å². The summed E-state index contributed by atoms with van der Waals surface area (Å²) in [5.74, 6) is -0.0231. The van der Waals surface area contributed by atoms with Crippen molar-refractivity contribution in [2.75, 3.05) is 26.2 Å². The smallest absolute Gasteiger partial charge is 0.274 e. The van der Waals surface area contributed by atoms with Crippen molar-refractivity contribution in [3.05, 3.63) is 65.4 Å². The van der Waals surface area contributed by atoms with Crippen LogP contribution in [0, 0.1) is 6.92 Å². The second kappa shape index (κ2) is 6.88. The third-order valence-electron chi connectivity index (χ3n) is 4.70. The largest absolute Gasteiger partial charge is 0.335 e. The second-order valence-corrected chi connectivity index (χ2v) is 7.29. The summed E-state index contributed by atoms with van der Waals surface area (Å²) >= 11 is 1.35. The molecular formula is C20H19N3O2S. The highest BCUT2D eigenvalue weighted by Gasteiger charge is 2.27. The number of aromatic nitrogens is 1. The molecule has 2 heterocycles. The van der Waals surface area contributed by atoms with Gasteiger partial charge in [-0.1, -0.05) is 35.9 Å². The summed E-state index contributed by atoms with van der Waals surface area (Å²) in [7, 11) is 0. The highest BCUT2D eigenvalue weighted by Crippen LogP contribution is 2.24. The van der Waals surface area contributed by atoms with E-state index in [0.29, 0.717) is 37.4 Å². The highest BCUT2D eigenvalue weighted by atomic mass is 32.1. The molecule has 1 aliphatic rings. The molecule has 0 unspecified atom stereocenters. The zero-order valence-corrected chi connectivity index (χ0v) is 15.3. The van der Waals surface area contributed by atoms with Gasteiger partial charge in [-0.25, -0.2) is 0 Å². The van der Waals surface area contributed by atoms with Gasteiger partial charge in [-0.3, -0.25) is 9.59 Å². The molecule has 1 fully saturated rings. The summed E-state index contributed by atoms with van der Waals surface area (Å²) in [6.45, 7) is 4.12. The molecule has 0 radical (unpaired) electrons. The Morgan fingerprint density at radius 1 is 0.923 bits per heavy atom. The van der Waals surface area contributed by atoms with Gasteiger partial charge in [-0.05, 0) is 36.7 Å². The fourth-order valence-corrected chi connectivity index (χ4v) is 4.03. The monoisotopic (exact) mass is 365 g/mol. The summed E-state index contributed by atoms with van der Waals surface area (Å²) in [4.78, 5) is 29.1. The lowest BCUT2D eigenvalue weighted by Crippen LogP contribution is -2.50. The van der Waals surface area contributed by atoms with Crippen LogP contribution < -0.4 is 0 Å². The van der Waals surface area contributed by atoms with Gasteiger partial charge in [-0.2, -0.15) is 4.37 Å². The molecule has 1 aliphatic heterocycles. The molecule has 0 bridgehead atoms. The first kappa shape index (κ1) is 16.7. The zero-order chi connectivity index (χ0) is 18.1. The molecule has 26 heavy (non-hydrogen) atoms. The molecule has 0 spiro atoms. The number of hydrogen-bond acceptors (Lipinski definition) is 4. The van der Waals surface area contributed by atoms with Crippen molar-refractivity contribution in [1.82, 2.24) is 14.2 Å². The average Bonchev–Trinajstić information content (AvgIpc) is 3.11. The van der Waals surface area contributed by atoms with Gasteiger partial charge in [0.25, 0.3) is 11.8 Å². The molecular weight excluding hydrogens is 346 g/mol. The first-order chi connectivity index (χ1) is 12.6. The summed E-state index contributed by atoms with van der Waals surface area (Å²) in [6.07, 6.45) is 0. The van der Waals surface area contributed by atoms with E-state index in [-0.39, 0.29) is 11.8 Å². The number of nitrogens with zero attached hydrogens (tertiary/aromatic N) is 3. The fourth-order valence-electron chi connectivity index (χ4n) is 3.26. The van der Waals surface area contributed by atoms with Crippen molar-refractivity contribution in [1.29, 1.82) is 0 Å². The van der Waals surface area contributed by atoms with Crippen molar-refractivity contribution in [3.8, 4) is 0 Å².